The zero-order chi connectivity index (χ0) is 9.97. The Morgan fingerprint density at radius 2 is 2.36 bits per heavy atom. The second kappa shape index (κ2) is 4.11. The van der Waals surface area contributed by atoms with E-state index in [0.717, 1.165) is 27.2 Å². The number of hydrogen-bond donors (Lipinski definition) is 2. The van der Waals surface area contributed by atoms with Gasteiger partial charge in [-0.15, -0.1) is 4.33 Å². The summed E-state index contributed by atoms with van der Waals surface area (Å²) >= 11 is 2.32. The molecule has 0 unspecified atom stereocenters. The number of benzene rings is 1. The van der Waals surface area contributed by atoms with Gasteiger partial charge in [0, 0.05) is 4.90 Å². The van der Waals surface area contributed by atoms with Gasteiger partial charge in [0.15, 0.2) is 5.13 Å². The molecule has 0 aliphatic rings. The average Bonchev–Trinajstić information content (AvgIpc) is 2.54. The Hall–Kier alpha value is -0.860. The van der Waals surface area contributed by atoms with E-state index in [1.54, 1.807) is 6.07 Å². The van der Waals surface area contributed by atoms with Crippen LogP contribution in [0.4, 0.5) is 5.13 Å². The van der Waals surface area contributed by atoms with E-state index < -0.39 is 0 Å². The predicted molar refractivity (Wildman–Crippen MR) is 54.7 cm³/mol. The van der Waals surface area contributed by atoms with Crippen molar-refractivity contribution in [2.75, 3.05) is 5.73 Å². The van der Waals surface area contributed by atoms with Gasteiger partial charge in [-0.05, 0) is 18.2 Å². The molecule has 0 aliphatic heterocycles. The molecule has 0 saturated heterocycles. The number of nitrogens with zero attached hydrogens (tertiary/aromatic N) is 1. The van der Waals surface area contributed by atoms with Gasteiger partial charge in [0.25, 0.3) is 0 Å². The quantitative estimate of drug-likeness (QED) is 0.478. The predicted octanol–water partition coefficient (Wildman–Crippen LogP) is 2.31. The van der Waals surface area contributed by atoms with E-state index in [1.807, 2.05) is 12.1 Å². The molecule has 2 rings (SSSR count). The van der Waals surface area contributed by atoms with E-state index in [9.17, 15) is 0 Å². The highest BCUT2D eigenvalue weighted by molar-refractivity contribution is 7.94. The van der Waals surface area contributed by atoms with Crippen LogP contribution in [0.5, 0.6) is 0 Å². The summed E-state index contributed by atoms with van der Waals surface area (Å²) in [5, 5.41) is 12.0. The third-order valence-electron chi connectivity index (χ3n) is 1.54. The van der Waals surface area contributed by atoms with Gasteiger partial charge in [-0.3, -0.25) is 0 Å². The van der Waals surface area contributed by atoms with Crippen molar-refractivity contribution in [2.24, 2.45) is 0 Å². The summed E-state index contributed by atoms with van der Waals surface area (Å²) in [6.45, 7) is 0. The van der Waals surface area contributed by atoms with Crippen LogP contribution in [0.1, 0.15) is 0 Å². The monoisotopic (exact) mass is 230 g/mol. The average molecular weight is 230 g/mol. The van der Waals surface area contributed by atoms with Crippen LogP contribution in [0, 0.1) is 0 Å². The first-order valence-corrected chi connectivity index (χ1v) is 5.16. The number of rotatable bonds is 3. The fourth-order valence-corrected chi connectivity index (χ4v) is 2.14. The van der Waals surface area contributed by atoms with E-state index in [2.05, 4.69) is 14.4 Å². The summed E-state index contributed by atoms with van der Waals surface area (Å²) in [6, 6.07) is 5.50. The number of nitrogens with two attached hydrogens (primary N) is 1. The van der Waals surface area contributed by atoms with Crippen molar-refractivity contribution in [2.45, 2.75) is 4.90 Å². The van der Waals surface area contributed by atoms with Crippen LogP contribution in [0.15, 0.2) is 23.1 Å². The van der Waals surface area contributed by atoms with Crippen LogP contribution in [-0.2, 0) is 9.37 Å². The second-order valence-electron chi connectivity index (χ2n) is 2.41. The maximum absolute atomic E-state index is 7.97. The Kier molecular flexibility index (Phi) is 2.85. The lowest BCUT2D eigenvalue weighted by atomic mass is 10.3. The first kappa shape index (κ1) is 9.69. The van der Waals surface area contributed by atoms with Crippen LogP contribution in [0.25, 0.3) is 10.2 Å². The van der Waals surface area contributed by atoms with Crippen LogP contribution < -0.4 is 5.73 Å². The molecule has 0 saturated carbocycles. The Morgan fingerprint density at radius 1 is 1.50 bits per heavy atom. The SMILES string of the molecule is Nc1nc2cc(SOOO)ccc2s1. The molecule has 7 heteroatoms. The summed E-state index contributed by atoms with van der Waals surface area (Å²) in [5.74, 6) is 0. The Bertz CT molecular complexity index is 445. The number of thiazole rings is 1. The fraction of sp³-hybridized carbons (Fsp3) is 0. The molecule has 5 nitrogen and oxygen atoms in total. The van der Waals surface area contributed by atoms with Crippen molar-refractivity contribution in [1.82, 2.24) is 4.98 Å². The zero-order valence-corrected chi connectivity index (χ0v) is 8.47. The third kappa shape index (κ3) is 1.97. The number of hydrogen-bond acceptors (Lipinski definition) is 7. The van der Waals surface area contributed by atoms with E-state index in [-0.39, 0.29) is 0 Å². The molecule has 74 valence electrons. The van der Waals surface area contributed by atoms with Crippen LogP contribution in [0.2, 0.25) is 0 Å². The number of nitrogen functional groups attached to an aromatic ring is 1. The van der Waals surface area contributed by atoms with Gasteiger partial charge in [0.2, 0.25) is 0 Å². The largest absolute Gasteiger partial charge is 0.375 e. The standard InChI is InChI=1S/C7H6N2O3S2/c8-7-9-5-3-4(14-12-11-10)1-2-6(5)13-7/h1-3,10H,(H2,8,9). The van der Waals surface area contributed by atoms with Gasteiger partial charge in [-0.1, -0.05) is 16.4 Å². The minimum absolute atomic E-state index is 0.529. The first-order chi connectivity index (χ1) is 6.79. The van der Waals surface area contributed by atoms with Gasteiger partial charge < -0.3 is 5.73 Å². The lowest BCUT2D eigenvalue weighted by Gasteiger charge is -1.95. The van der Waals surface area contributed by atoms with Crippen molar-refractivity contribution < 1.29 is 14.6 Å². The molecule has 0 atom stereocenters. The molecule has 2 aromatic rings. The topological polar surface area (TPSA) is 77.6 Å². The summed E-state index contributed by atoms with van der Waals surface area (Å²) in [7, 11) is 0. The van der Waals surface area contributed by atoms with Crippen molar-refractivity contribution in [3.8, 4) is 0 Å². The van der Waals surface area contributed by atoms with Crippen LogP contribution in [0.3, 0.4) is 0 Å². The minimum atomic E-state index is 0.529. The lowest BCUT2D eigenvalue weighted by molar-refractivity contribution is -0.432. The highest BCUT2D eigenvalue weighted by atomic mass is 32.2. The van der Waals surface area contributed by atoms with Crippen molar-refractivity contribution in [3.05, 3.63) is 18.2 Å². The molecule has 1 aromatic heterocycles. The Labute approximate surface area is 87.5 Å². The molecule has 0 amide bonds. The molecular weight excluding hydrogens is 224 g/mol. The number of fused-ring (bicyclic) bond motifs is 1. The van der Waals surface area contributed by atoms with E-state index in [0.29, 0.717) is 5.13 Å². The molecule has 1 heterocycles. The van der Waals surface area contributed by atoms with E-state index in [1.165, 1.54) is 11.3 Å². The van der Waals surface area contributed by atoms with Crippen molar-refractivity contribution >= 4 is 38.7 Å². The van der Waals surface area contributed by atoms with Crippen LogP contribution in [-0.4, -0.2) is 10.2 Å². The zero-order valence-electron chi connectivity index (χ0n) is 6.84. The molecule has 0 fully saturated rings. The van der Waals surface area contributed by atoms with Gasteiger partial charge in [0.05, 0.1) is 22.3 Å². The molecule has 0 spiro atoms. The summed E-state index contributed by atoms with van der Waals surface area (Å²) < 4.78 is 5.30. The maximum Gasteiger partial charge on any atom is 0.181 e. The molecular formula is C7H6N2O3S2. The molecule has 0 radical (unpaired) electrons. The van der Waals surface area contributed by atoms with Crippen LogP contribution >= 0.6 is 23.4 Å². The molecule has 14 heavy (non-hydrogen) atoms. The minimum Gasteiger partial charge on any atom is -0.375 e. The van der Waals surface area contributed by atoms with Gasteiger partial charge in [-0.2, -0.15) is 0 Å². The summed E-state index contributed by atoms with van der Waals surface area (Å²) in [5.41, 5.74) is 6.35. The molecule has 0 bridgehead atoms. The maximum atomic E-state index is 7.97. The Balaban J connectivity index is 2.31. The highest BCUT2D eigenvalue weighted by Gasteiger charge is 2.03. The van der Waals surface area contributed by atoms with Crippen molar-refractivity contribution in [3.63, 3.8) is 0 Å². The van der Waals surface area contributed by atoms with E-state index >= 15 is 0 Å². The Morgan fingerprint density at radius 3 is 3.14 bits per heavy atom. The normalized spacial score (nSPS) is 10.9. The number of anilines is 1. The smallest absolute Gasteiger partial charge is 0.181 e. The molecule has 3 N–H and O–H groups in total. The fourth-order valence-electron chi connectivity index (χ4n) is 1.03. The lowest BCUT2D eigenvalue weighted by Crippen LogP contribution is -1.80. The molecule has 0 aliphatic carbocycles. The number of aromatic nitrogens is 1. The first-order valence-electron chi connectivity index (χ1n) is 3.60. The molecule has 1 aromatic carbocycles. The van der Waals surface area contributed by atoms with Gasteiger partial charge in [0.1, 0.15) is 0 Å². The second-order valence-corrected chi connectivity index (χ2v) is 4.24. The highest BCUT2D eigenvalue weighted by Crippen LogP contribution is 2.28. The third-order valence-corrected chi connectivity index (χ3v) is 2.98. The summed E-state index contributed by atoms with van der Waals surface area (Å²) in [4.78, 5) is 4.88. The van der Waals surface area contributed by atoms with Gasteiger partial charge in [-0.25, -0.2) is 10.2 Å². The van der Waals surface area contributed by atoms with Crippen molar-refractivity contribution in [1.29, 1.82) is 0 Å². The van der Waals surface area contributed by atoms with Gasteiger partial charge >= 0.3 is 0 Å². The van der Waals surface area contributed by atoms with E-state index in [4.69, 9.17) is 11.0 Å². The summed E-state index contributed by atoms with van der Waals surface area (Å²) in [6.07, 6.45) is 0.